The van der Waals surface area contributed by atoms with Gasteiger partial charge in [0.15, 0.2) is 0 Å². The number of hydrogen-bond acceptors (Lipinski definition) is 0. The van der Waals surface area contributed by atoms with Crippen LogP contribution < -0.4 is 18.9 Å². The number of rotatable bonds is 3. The zero-order valence-electron chi connectivity index (χ0n) is 12.2. The second-order valence-corrected chi connectivity index (χ2v) is 5.32. The van der Waals surface area contributed by atoms with Gasteiger partial charge in [-0.05, 0) is 22.6 Å². The summed E-state index contributed by atoms with van der Waals surface area (Å²) < 4.78 is 0. The molecule has 0 radical (unpaired) electrons. The van der Waals surface area contributed by atoms with Gasteiger partial charge in [0.05, 0.1) is 0 Å². The largest absolute Gasteiger partial charge is 1.00 e. The maximum absolute atomic E-state index is 3.33. The van der Waals surface area contributed by atoms with E-state index in [1.165, 1.54) is 27.6 Å². The molecule has 1 aliphatic rings. The van der Waals surface area contributed by atoms with Crippen LogP contribution in [-0.4, -0.2) is 4.98 Å². The Balaban J connectivity index is 0.00000132. The van der Waals surface area contributed by atoms with Crippen LogP contribution in [0.3, 0.4) is 0 Å². The van der Waals surface area contributed by atoms with E-state index in [1.54, 1.807) is 0 Å². The fraction of sp³-hybridized carbons (Fsp3) is 0.105. The predicted molar refractivity (Wildman–Crippen MR) is 84.5 cm³/mol. The summed E-state index contributed by atoms with van der Waals surface area (Å²) in [4.78, 5) is 3.33. The van der Waals surface area contributed by atoms with Crippen LogP contribution in [0.2, 0.25) is 0 Å². The molecule has 1 nitrogen and oxygen atoms in total. The molecule has 1 N–H and O–H groups in total. The van der Waals surface area contributed by atoms with Crippen molar-refractivity contribution in [1.29, 1.82) is 0 Å². The first-order valence-corrected chi connectivity index (χ1v) is 7.08. The molecule has 1 atom stereocenters. The molecular formula is C19H16LiN. The van der Waals surface area contributed by atoms with Gasteiger partial charge in [-0.3, -0.25) is 0 Å². The molecule has 0 saturated carbocycles. The summed E-state index contributed by atoms with van der Waals surface area (Å²) in [5.41, 5.74) is 5.33. The fourth-order valence-corrected chi connectivity index (χ4v) is 3.05. The first kappa shape index (κ1) is 14.1. The number of hydrogen-bond donors (Lipinski definition) is 1. The molecule has 0 fully saturated rings. The summed E-state index contributed by atoms with van der Waals surface area (Å²) in [6.07, 6.45) is 10.1. The van der Waals surface area contributed by atoms with Crippen molar-refractivity contribution in [3.8, 4) is 0 Å². The third-order valence-corrected chi connectivity index (χ3v) is 4.12. The summed E-state index contributed by atoms with van der Waals surface area (Å²) in [5.74, 6) is 0.514. The van der Waals surface area contributed by atoms with Crippen LogP contribution in [0, 0.1) is 6.42 Å². The van der Waals surface area contributed by atoms with Gasteiger partial charge in [-0.25, -0.2) is 0 Å². The molecule has 4 rings (SSSR count). The molecule has 0 spiro atoms. The Hall–Kier alpha value is -1.81. The van der Waals surface area contributed by atoms with Gasteiger partial charge in [0.2, 0.25) is 0 Å². The molecule has 1 aliphatic carbocycles. The number of allylic oxidation sites excluding steroid dienone is 1. The van der Waals surface area contributed by atoms with E-state index in [4.69, 9.17) is 0 Å². The van der Waals surface area contributed by atoms with Crippen LogP contribution in [0.25, 0.3) is 17.0 Å². The van der Waals surface area contributed by atoms with Crippen LogP contribution in [0.1, 0.15) is 29.0 Å². The molecule has 0 amide bonds. The standard InChI is InChI=1S/C19H16N.Li/c1-2-6-17-14(5-1)9-10-15(17)11-12-16-13-20-19-8-4-3-7-18(16)19;/h1-10,12-13,15,20H,11H2;/q-1;+1. The van der Waals surface area contributed by atoms with Crippen LogP contribution in [-0.2, 0) is 0 Å². The third kappa shape index (κ3) is 2.56. The van der Waals surface area contributed by atoms with Gasteiger partial charge >= 0.3 is 18.9 Å². The topological polar surface area (TPSA) is 15.8 Å². The van der Waals surface area contributed by atoms with Crippen molar-refractivity contribution in [2.24, 2.45) is 0 Å². The third-order valence-electron chi connectivity index (χ3n) is 4.12. The van der Waals surface area contributed by atoms with Crippen molar-refractivity contribution in [2.45, 2.75) is 12.3 Å². The monoisotopic (exact) mass is 265 g/mol. The Kier molecular flexibility index (Phi) is 3.97. The molecule has 2 aromatic carbocycles. The van der Waals surface area contributed by atoms with Crippen LogP contribution >= 0.6 is 0 Å². The Morgan fingerprint density at radius 3 is 2.76 bits per heavy atom. The summed E-state index contributed by atoms with van der Waals surface area (Å²) in [6, 6.07) is 17.1. The van der Waals surface area contributed by atoms with Crippen molar-refractivity contribution < 1.29 is 18.9 Å². The molecule has 3 aromatic rings. The van der Waals surface area contributed by atoms with E-state index >= 15 is 0 Å². The van der Waals surface area contributed by atoms with E-state index in [2.05, 4.69) is 78.3 Å². The first-order chi connectivity index (χ1) is 9.92. The van der Waals surface area contributed by atoms with E-state index in [9.17, 15) is 0 Å². The quantitative estimate of drug-likeness (QED) is 0.550. The van der Waals surface area contributed by atoms with Crippen molar-refractivity contribution in [3.05, 3.63) is 83.9 Å². The Bertz CT molecular complexity index is 785. The normalized spacial score (nSPS) is 15.7. The van der Waals surface area contributed by atoms with Crippen LogP contribution in [0.15, 0.2) is 60.8 Å². The van der Waals surface area contributed by atoms with E-state index in [-0.39, 0.29) is 18.9 Å². The first-order valence-electron chi connectivity index (χ1n) is 7.08. The van der Waals surface area contributed by atoms with Crippen molar-refractivity contribution in [1.82, 2.24) is 4.98 Å². The van der Waals surface area contributed by atoms with E-state index in [1.807, 2.05) is 0 Å². The maximum Gasteiger partial charge on any atom is 1.00 e. The van der Waals surface area contributed by atoms with Gasteiger partial charge in [-0.1, -0.05) is 61.0 Å². The Labute approximate surface area is 137 Å². The second kappa shape index (κ2) is 5.90. The summed E-state index contributed by atoms with van der Waals surface area (Å²) in [6.45, 7) is 0. The van der Waals surface area contributed by atoms with Gasteiger partial charge in [0, 0.05) is 0 Å². The molecule has 0 aliphatic heterocycles. The minimum absolute atomic E-state index is 0. The number of para-hydroxylation sites is 1. The van der Waals surface area contributed by atoms with Crippen molar-refractivity contribution in [2.75, 3.05) is 0 Å². The second-order valence-electron chi connectivity index (χ2n) is 5.32. The van der Waals surface area contributed by atoms with Crippen molar-refractivity contribution in [3.63, 3.8) is 0 Å². The average Bonchev–Trinajstić information content (AvgIpc) is 3.09. The fourth-order valence-electron chi connectivity index (χ4n) is 3.05. The predicted octanol–water partition coefficient (Wildman–Crippen LogP) is 1.92. The molecule has 98 valence electrons. The minimum Gasteiger partial charge on any atom is -0.424 e. The van der Waals surface area contributed by atoms with E-state index in [0.29, 0.717) is 5.92 Å². The molecule has 1 unspecified atom stereocenters. The summed E-state index contributed by atoms with van der Waals surface area (Å²) >= 11 is 0. The SMILES string of the molecule is C1=CC(C[CH-]c2c[nH]c3ccccc23)c2ccccc21.[Li+]. The number of fused-ring (bicyclic) bond motifs is 2. The smallest absolute Gasteiger partial charge is 0.424 e. The minimum atomic E-state index is 0. The molecule has 21 heavy (non-hydrogen) atoms. The maximum atomic E-state index is 3.33. The molecule has 0 saturated heterocycles. The number of H-pyrrole nitrogens is 1. The zero-order valence-corrected chi connectivity index (χ0v) is 12.2. The van der Waals surface area contributed by atoms with E-state index in [0.717, 1.165) is 6.42 Å². The molecule has 1 heterocycles. The van der Waals surface area contributed by atoms with Gasteiger partial charge in [0.1, 0.15) is 0 Å². The Morgan fingerprint density at radius 1 is 1.00 bits per heavy atom. The molecular weight excluding hydrogens is 249 g/mol. The number of aromatic amines is 1. The van der Waals surface area contributed by atoms with Crippen LogP contribution in [0.5, 0.6) is 0 Å². The van der Waals surface area contributed by atoms with Gasteiger partial charge in [0.25, 0.3) is 0 Å². The zero-order chi connectivity index (χ0) is 13.4. The molecule has 0 bridgehead atoms. The van der Waals surface area contributed by atoms with Crippen molar-refractivity contribution >= 4 is 17.0 Å². The van der Waals surface area contributed by atoms with Gasteiger partial charge in [-0.2, -0.15) is 12.0 Å². The number of nitrogens with one attached hydrogen (secondary N) is 1. The average molecular weight is 265 g/mol. The summed E-state index contributed by atoms with van der Waals surface area (Å²) in [5, 5.41) is 1.31. The number of benzene rings is 2. The molecule has 1 aromatic heterocycles. The molecule has 2 heteroatoms. The van der Waals surface area contributed by atoms with Gasteiger partial charge < -0.3 is 4.98 Å². The summed E-state index contributed by atoms with van der Waals surface area (Å²) in [7, 11) is 0. The van der Waals surface area contributed by atoms with E-state index < -0.39 is 0 Å². The van der Waals surface area contributed by atoms with Crippen LogP contribution in [0.4, 0.5) is 0 Å². The number of aromatic nitrogens is 1. The van der Waals surface area contributed by atoms with Gasteiger partial charge in [-0.15, -0.1) is 17.6 Å². The Morgan fingerprint density at radius 2 is 1.81 bits per heavy atom.